The van der Waals surface area contributed by atoms with Gasteiger partial charge in [-0.15, -0.1) is 0 Å². The van der Waals surface area contributed by atoms with E-state index in [1.54, 1.807) is 12.1 Å². The molecule has 1 heterocycles. The minimum Gasteiger partial charge on any atom is -0.487 e. The van der Waals surface area contributed by atoms with Gasteiger partial charge in [0.05, 0.1) is 11.5 Å². The molecule has 0 saturated carbocycles. The van der Waals surface area contributed by atoms with Crippen molar-refractivity contribution >= 4 is 23.1 Å². The molecular weight excluding hydrogens is 264 g/mol. The van der Waals surface area contributed by atoms with E-state index < -0.39 is 4.92 Å². The molecule has 1 aliphatic heterocycles. The van der Waals surface area contributed by atoms with Gasteiger partial charge in [-0.25, -0.2) is 0 Å². The number of thioether (sulfide) groups is 1. The van der Waals surface area contributed by atoms with Crippen LogP contribution in [0.2, 0.25) is 0 Å². The van der Waals surface area contributed by atoms with E-state index in [-0.39, 0.29) is 5.69 Å². The molecule has 0 aromatic heterocycles. The maximum Gasteiger partial charge on any atom is 0.311 e. The van der Waals surface area contributed by atoms with Crippen LogP contribution in [-0.4, -0.2) is 29.1 Å². The fourth-order valence-corrected chi connectivity index (χ4v) is 3.19. The van der Waals surface area contributed by atoms with E-state index in [0.717, 1.165) is 17.9 Å². The number of nitrogens with one attached hydrogen (secondary N) is 1. The summed E-state index contributed by atoms with van der Waals surface area (Å²) in [7, 11) is 0. The Kier molecular flexibility index (Phi) is 4.90. The Morgan fingerprint density at radius 1 is 1.58 bits per heavy atom. The standard InChI is InChI=1S/C13H18N2O3S/c1-2-18-13-8-10(5-6-12(13)15(16)17)14-11-4-3-7-19-9-11/h5-6,8,11,14H,2-4,7,9H2,1H3. The highest BCUT2D eigenvalue weighted by molar-refractivity contribution is 7.99. The summed E-state index contributed by atoms with van der Waals surface area (Å²) in [5.74, 6) is 2.64. The topological polar surface area (TPSA) is 64.4 Å². The lowest BCUT2D eigenvalue weighted by atomic mass is 10.1. The number of nitro benzene ring substituents is 1. The lowest BCUT2D eigenvalue weighted by molar-refractivity contribution is -0.385. The summed E-state index contributed by atoms with van der Waals surface area (Å²) >= 11 is 1.94. The van der Waals surface area contributed by atoms with Crippen LogP contribution < -0.4 is 10.1 Å². The summed E-state index contributed by atoms with van der Waals surface area (Å²) in [6, 6.07) is 5.42. The second kappa shape index (κ2) is 6.65. The Bertz CT molecular complexity index is 448. The van der Waals surface area contributed by atoms with Crippen molar-refractivity contribution in [3.05, 3.63) is 28.3 Å². The van der Waals surface area contributed by atoms with Crippen LogP contribution >= 0.6 is 11.8 Å². The number of nitro groups is 1. The normalized spacial score (nSPS) is 18.9. The number of ether oxygens (including phenoxy) is 1. The van der Waals surface area contributed by atoms with E-state index in [4.69, 9.17) is 4.74 Å². The first-order valence-corrected chi connectivity index (χ1v) is 7.61. The van der Waals surface area contributed by atoms with Gasteiger partial charge in [0, 0.05) is 29.6 Å². The molecule has 6 heteroatoms. The predicted molar refractivity (Wildman–Crippen MR) is 78.2 cm³/mol. The van der Waals surface area contributed by atoms with Crippen LogP contribution in [0, 0.1) is 10.1 Å². The summed E-state index contributed by atoms with van der Waals surface area (Å²) in [6.45, 7) is 2.24. The molecule has 1 aromatic rings. The molecule has 1 N–H and O–H groups in total. The number of nitrogens with zero attached hydrogens (tertiary/aromatic N) is 1. The monoisotopic (exact) mass is 282 g/mol. The SMILES string of the molecule is CCOc1cc(NC2CCCSC2)ccc1[N+](=O)[O-]. The van der Waals surface area contributed by atoms with E-state index in [0.29, 0.717) is 18.4 Å². The Morgan fingerprint density at radius 2 is 2.42 bits per heavy atom. The van der Waals surface area contributed by atoms with Crippen molar-refractivity contribution in [3.63, 3.8) is 0 Å². The highest BCUT2D eigenvalue weighted by Crippen LogP contribution is 2.31. The summed E-state index contributed by atoms with van der Waals surface area (Å²) in [5.41, 5.74) is 0.909. The third-order valence-electron chi connectivity index (χ3n) is 2.99. The summed E-state index contributed by atoms with van der Waals surface area (Å²) < 4.78 is 5.34. The van der Waals surface area contributed by atoms with Crippen molar-refractivity contribution in [2.45, 2.75) is 25.8 Å². The smallest absolute Gasteiger partial charge is 0.311 e. The molecule has 1 atom stereocenters. The van der Waals surface area contributed by atoms with Crippen molar-refractivity contribution in [2.24, 2.45) is 0 Å². The molecule has 5 nitrogen and oxygen atoms in total. The number of benzene rings is 1. The molecule has 0 spiro atoms. The molecule has 1 aliphatic rings. The zero-order valence-corrected chi connectivity index (χ0v) is 11.7. The molecule has 1 saturated heterocycles. The average molecular weight is 282 g/mol. The van der Waals surface area contributed by atoms with E-state index in [1.807, 2.05) is 18.7 Å². The lowest BCUT2D eigenvalue weighted by Crippen LogP contribution is -2.25. The van der Waals surface area contributed by atoms with Gasteiger partial charge in [-0.05, 0) is 31.6 Å². The van der Waals surface area contributed by atoms with E-state index >= 15 is 0 Å². The fourth-order valence-electron chi connectivity index (χ4n) is 2.12. The van der Waals surface area contributed by atoms with Crippen LogP contribution in [0.25, 0.3) is 0 Å². The molecular formula is C13H18N2O3S. The first-order valence-electron chi connectivity index (χ1n) is 6.46. The zero-order valence-electron chi connectivity index (χ0n) is 10.9. The second-order valence-corrected chi connectivity index (χ2v) is 5.58. The van der Waals surface area contributed by atoms with Gasteiger partial charge in [0.2, 0.25) is 0 Å². The molecule has 0 aliphatic carbocycles. The van der Waals surface area contributed by atoms with Crippen molar-refractivity contribution in [2.75, 3.05) is 23.4 Å². The molecule has 0 bridgehead atoms. The number of rotatable bonds is 5. The van der Waals surface area contributed by atoms with Crippen molar-refractivity contribution in [1.29, 1.82) is 0 Å². The van der Waals surface area contributed by atoms with Crippen molar-refractivity contribution < 1.29 is 9.66 Å². The third kappa shape index (κ3) is 3.76. The minimum absolute atomic E-state index is 0.0189. The van der Waals surface area contributed by atoms with E-state index in [1.165, 1.54) is 18.2 Å². The Hall–Kier alpha value is -1.43. The van der Waals surface area contributed by atoms with Crippen molar-refractivity contribution in [1.82, 2.24) is 0 Å². The number of hydrogen-bond donors (Lipinski definition) is 1. The first-order chi connectivity index (χ1) is 9.20. The van der Waals surface area contributed by atoms with Gasteiger partial charge >= 0.3 is 5.69 Å². The molecule has 0 radical (unpaired) electrons. The third-order valence-corrected chi connectivity index (χ3v) is 4.20. The maximum absolute atomic E-state index is 10.9. The van der Waals surface area contributed by atoms with Gasteiger partial charge in [-0.3, -0.25) is 10.1 Å². The molecule has 1 aromatic carbocycles. The molecule has 1 fully saturated rings. The van der Waals surface area contributed by atoms with Crippen LogP contribution in [0.15, 0.2) is 18.2 Å². The van der Waals surface area contributed by atoms with Gasteiger partial charge in [-0.1, -0.05) is 0 Å². The Balaban J connectivity index is 2.12. The molecule has 0 amide bonds. The minimum atomic E-state index is -0.411. The van der Waals surface area contributed by atoms with Crippen LogP contribution in [0.4, 0.5) is 11.4 Å². The summed E-state index contributed by atoms with van der Waals surface area (Å²) in [4.78, 5) is 10.5. The summed E-state index contributed by atoms with van der Waals surface area (Å²) in [6.07, 6.45) is 2.36. The predicted octanol–water partition coefficient (Wildman–Crippen LogP) is 3.30. The summed E-state index contributed by atoms with van der Waals surface area (Å²) in [5, 5.41) is 14.3. The zero-order chi connectivity index (χ0) is 13.7. The molecule has 1 unspecified atom stereocenters. The van der Waals surface area contributed by atoms with Crippen LogP contribution in [0.1, 0.15) is 19.8 Å². The lowest BCUT2D eigenvalue weighted by Gasteiger charge is -2.23. The van der Waals surface area contributed by atoms with Gasteiger partial charge in [0.15, 0.2) is 5.75 Å². The fraction of sp³-hybridized carbons (Fsp3) is 0.538. The highest BCUT2D eigenvalue weighted by Gasteiger charge is 2.18. The van der Waals surface area contributed by atoms with Crippen LogP contribution in [-0.2, 0) is 0 Å². The highest BCUT2D eigenvalue weighted by atomic mass is 32.2. The average Bonchev–Trinajstić information content (AvgIpc) is 2.40. The number of hydrogen-bond acceptors (Lipinski definition) is 5. The second-order valence-electron chi connectivity index (χ2n) is 4.43. The Morgan fingerprint density at radius 3 is 3.05 bits per heavy atom. The number of anilines is 1. The molecule has 2 rings (SSSR count). The first kappa shape index (κ1) is 14.0. The van der Waals surface area contributed by atoms with Gasteiger partial charge in [0.25, 0.3) is 0 Å². The molecule has 104 valence electrons. The quantitative estimate of drug-likeness (QED) is 0.663. The van der Waals surface area contributed by atoms with Gasteiger partial charge in [0.1, 0.15) is 0 Å². The van der Waals surface area contributed by atoms with E-state index in [2.05, 4.69) is 5.32 Å². The largest absolute Gasteiger partial charge is 0.487 e. The van der Waals surface area contributed by atoms with Gasteiger partial charge < -0.3 is 10.1 Å². The molecule has 19 heavy (non-hydrogen) atoms. The van der Waals surface area contributed by atoms with Gasteiger partial charge in [-0.2, -0.15) is 11.8 Å². The van der Waals surface area contributed by atoms with Crippen molar-refractivity contribution in [3.8, 4) is 5.75 Å². The Labute approximate surface area is 116 Å². The maximum atomic E-state index is 10.9. The van der Waals surface area contributed by atoms with Crippen LogP contribution in [0.3, 0.4) is 0 Å². The van der Waals surface area contributed by atoms with E-state index in [9.17, 15) is 10.1 Å². The van der Waals surface area contributed by atoms with Crippen LogP contribution in [0.5, 0.6) is 5.75 Å².